The summed E-state index contributed by atoms with van der Waals surface area (Å²) in [6.07, 6.45) is 0. The molecule has 1 amide bonds. The number of aryl methyl sites for hydroxylation is 1. The Morgan fingerprint density at radius 3 is 2.47 bits per heavy atom. The minimum atomic E-state index is -1.04. The van der Waals surface area contributed by atoms with Crippen molar-refractivity contribution < 1.29 is 13.6 Å². The molecule has 0 unspecified atom stereocenters. The monoisotopic (exact) mass is 373 g/mol. The number of amides is 1. The van der Waals surface area contributed by atoms with E-state index in [1.165, 1.54) is 6.07 Å². The quantitative estimate of drug-likeness (QED) is 0.789. The Bertz CT molecular complexity index is 643. The molecule has 2 rings (SSSR count). The molecule has 0 aromatic heterocycles. The first-order chi connectivity index (χ1) is 8.97. The van der Waals surface area contributed by atoms with Crippen LogP contribution in [0.15, 0.2) is 36.4 Å². The summed E-state index contributed by atoms with van der Waals surface area (Å²) in [4.78, 5) is 11.9. The van der Waals surface area contributed by atoms with Crippen molar-refractivity contribution in [3.63, 3.8) is 0 Å². The fraction of sp³-hybridized carbons (Fsp3) is 0.0714. The van der Waals surface area contributed by atoms with Gasteiger partial charge < -0.3 is 5.32 Å². The Morgan fingerprint density at radius 2 is 1.84 bits per heavy atom. The lowest BCUT2D eigenvalue weighted by Crippen LogP contribution is -2.12. The highest BCUT2D eigenvalue weighted by Gasteiger charge is 2.10. The number of carbonyl (C=O) groups is 1. The highest BCUT2D eigenvalue weighted by Crippen LogP contribution is 2.18. The number of hydrogen-bond donors (Lipinski definition) is 1. The first-order valence-corrected chi connectivity index (χ1v) is 6.58. The third kappa shape index (κ3) is 3.28. The molecule has 0 aliphatic carbocycles. The summed E-state index contributed by atoms with van der Waals surface area (Å²) < 4.78 is 26.8. The second kappa shape index (κ2) is 5.64. The van der Waals surface area contributed by atoms with Gasteiger partial charge in [-0.05, 0) is 65.4 Å². The molecule has 0 radical (unpaired) electrons. The Labute approximate surface area is 123 Å². The van der Waals surface area contributed by atoms with E-state index in [1.807, 2.05) is 19.1 Å². The second-order valence-electron chi connectivity index (χ2n) is 4.05. The second-order valence-corrected chi connectivity index (χ2v) is 5.21. The number of rotatable bonds is 2. The summed E-state index contributed by atoms with van der Waals surface area (Å²) in [5, 5.41) is 2.64. The molecule has 0 aliphatic rings. The number of hydrogen-bond acceptors (Lipinski definition) is 1. The predicted molar refractivity (Wildman–Crippen MR) is 78.2 cm³/mol. The van der Waals surface area contributed by atoms with Crippen molar-refractivity contribution in [2.45, 2.75) is 6.92 Å². The van der Waals surface area contributed by atoms with E-state index >= 15 is 0 Å². The van der Waals surface area contributed by atoms with Gasteiger partial charge in [0, 0.05) is 14.8 Å². The van der Waals surface area contributed by atoms with Gasteiger partial charge in [-0.25, -0.2) is 8.78 Å². The molecule has 0 atom stereocenters. The number of nitrogens with one attached hydrogen (secondary N) is 1. The molecule has 2 nitrogen and oxygen atoms in total. The molecule has 0 saturated heterocycles. The van der Waals surface area contributed by atoms with Crippen LogP contribution in [-0.4, -0.2) is 5.91 Å². The minimum Gasteiger partial charge on any atom is -0.322 e. The molecule has 0 saturated carbocycles. The van der Waals surface area contributed by atoms with E-state index in [4.69, 9.17) is 0 Å². The van der Waals surface area contributed by atoms with Crippen LogP contribution in [0.5, 0.6) is 0 Å². The summed E-state index contributed by atoms with van der Waals surface area (Å²) in [5.41, 5.74) is 1.80. The Kier molecular flexibility index (Phi) is 4.14. The van der Waals surface area contributed by atoms with Gasteiger partial charge in [0.25, 0.3) is 5.91 Å². The van der Waals surface area contributed by atoms with Crippen molar-refractivity contribution in [1.82, 2.24) is 0 Å². The van der Waals surface area contributed by atoms with Crippen LogP contribution in [0.3, 0.4) is 0 Å². The molecule has 0 fully saturated rings. The zero-order valence-electron chi connectivity index (χ0n) is 10.0. The van der Waals surface area contributed by atoms with Crippen LogP contribution in [-0.2, 0) is 0 Å². The Balaban J connectivity index is 2.20. The van der Waals surface area contributed by atoms with E-state index in [0.29, 0.717) is 5.69 Å². The van der Waals surface area contributed by atoms with Crippen LogP contribution in [0.4, 0.5) is 14.5 Å². The Morgan fingerprint density at radius 1 is 1.11 bits per heavy atom. The molecule has 19 heavy (non-hydrogen) atoms. The van der Waals surface area contributed by atoms with E-state index < -0.39 is 17.5 Å². The van der Waals surface area contributed by atoms with Crippen LogP contribution < -0.4 is 5.32 Å². The average Bonchev–Trinajstić information content (AvgIpc) is 2.37. The summed E-state index contributed by atoms with van der Waals surface area (Å²) in [7, 11) is 0. The fourth-order valence-corrected chi connectivity index (χ4v) is 2.03. The molecule has 0 aliphatic heterocycles. The fourth-order valence-electron chi connectivity index (χ4n) is 1.51. The Hall–Kier alpha value is -1.50. The normalized spacial score (nSPS) is 10.3. The smallest absolute Gasteiger partial charge is 0.255 e. The van der Waals surface area contributed by atoms with Crippen molar-refractivity contribution in [3.05, 3.63) is 62.7 Å². The van der Waals surface area contributed by atoms with E-state index in [1.54, 1.807) is 6.07 Å². The number of halogens is 3. The van der Waals surface area contributed by atoms with Gasteiger partial charge in [0.1, 0.15) is 0 Å². The summed E-state index contributed by atoms with van der Waals surface area (Å²) in [6.45, 7) is 1.96. The van der Waals surface area contributed by atoms with Crippen molar-refractivity contribution in [2.24, 2.45) is 0 Å². The van der Waals surface area contributed by atoms with Gasteiger partial charge in [0.15, 0.2) is 11.6 Å². The predicted octanol–water partition coefficient (Wildman–Crippen LogP) is 4.13. The lowest BCUT2D eigenvalue weighted by molar-refractivity contribution is 0.102. The SMILES string of the molecule is Cc1ccc(NC(=O)c2ccc(F)c(F)c2)cc1I. The van der Waals surface area contributed by atoms with Crippen molar-refractivity contribution >= 4 is 34.2 Å². The molecule has 0 spiro atoms. The van der Waals surface area contributed by atoms with Gasteiger partial charge >= 0.3 is 0 Å². The molecule has 0 bridgehead atoms. The van der Waals surface area contributed by atoms with Gasteiger partial charge in [0.2, 0.25) is 0 Å². The van der Waals surface area contributed by atoms with Crippen LogP contribution in [0, 0.1) is 22.1 Å². The first kappa shape index (κ1) is 13.9. The van der Waals surface area contributed by atoms with Crippen LogP contribution in [0.25, 0.3) is 0 Å². The summed E-state index contributed by atoms with van der Waals surface area (Å²) >= 11 is 2.16. The van der Waals surface area contributed by atoms with Gasteiger partial charge in [-0.1, -0.05) is 6.07 Å². The molecular formula is C14H10F2INO. The molecular weight excluding hydrogens is 363 g/mol. The highest BCUT2D eigenvalue weighted by atomic mass is 127. The zero-order valence-corrected chi connectivity index (χ0v) is 12.2. The molecule has 5 heteroatoms. The van der Waals surface area contributed by atoms with Crippen LogP contribution in [0.1, 0.15) is 15.9 Å². The van der Waals surface area contributed by atoms with E-state index in [0.717, 1.165) is 21.3 Å². The highest BCUT2D eigenvalue weighted by molar-refractivity contribution is 14.1. The minimum absolute atomic E-state index is 0.0782. The molecule has 1 N–H and O–H groups in total. The van der Waals surface area contributed by atoms with E-state index in [2.05, 4.69) is 27.9 Å². The van der Waals surface area contributed by atoms with Gasteiger partial charge in [-0.3, -0.25) is 4.79 Å². The molecule has 98 valence electrons. The van der Waals surface area contributed by atoms with E-state index in [-0.39, 0.29) is 5.56 Å². The first-order valence-electron chi connectivity index (χ1n) is 5.50. The lowest BCUT2D eigenvalue weighted by Gasteiger charge is -2.07. The average molecular weight is 373 g/mol. The van der Waals surface area contributed by atoms with Gasteiger partial charge in [-0.2, -0.15) is 0 Å². The third-order valence-electron chi connectivity index (χ3n) is 2.61. The van der Waals surface area contributed by atoms with Gasteiger partial charge in [0.05, 0.1) is 0 Å². The maximum absolute atomic E-state index is 13.0. The van der Waals surface area contributed by atoms with Gasteiger partial charge in [-0.15, -0.1) is 0 Å². The maximum atomic E-state index is 13.0. The summed E-state index contributed by atoms with van der Waals surface area (Å²) in [6, 6.07) is 8.51. The number of carbonyl (C=O) groups excluding carboxylic acids is 1. The van der Waals surface area contributed by atoms with Crippen molar-refractivity contribution in [2.75, 3.05) is 5.32 Å². The van der Waals surface area contributed by atoms with Crippen molar-refractivity contribution in [1.29, 1.82) is 0 Å². The number of benzene rings is 2. The van der Waals surface area contributed by atoms with Crippen molar-refractivity contribution in [3.8, 4) is 0 Å². The standard InChI is InChI=1S/C14H10F2INO/c1-8-2-4-10(7-13(8)17)18-14(19)9-3-5-11(15)12(16)6-9/h2-7H,1H3,(H,18,19). The van der Waals surface area contributed by atoms with E-state index in [9.17, 15) is 13.6 Å². The summed E-state index contributed by atoms with van der Waals surface area (Å²) in [5.74, 6) is -2.48. The third-order valence-corrected chi connectivity index (χ3v) is 3.77. The molecule has 2 aromatic rings. The zero-order chi connectivity index (χ0) is 14.0. The van der Waals surface area contributed by atoms with Crippen LogP contribution >= 0.6 is 22.6 Å². The number of anilines is 1. The lowest BCUT2D eigenvalue weighted by atomic mass is 10.2. The maximum Gasteiger partial charge on any atom is 0.255 e. The molecule has 0 heterocycles. The largest absolute Gasteiger partial charge is 0.322 e. The van der Waals surface area contributed by atoms with Crippen LogP contribution in [0.2, 0.25) is 0 Å². The topological polar surface area (TPSA) is 29.1 Å². The molecule has 2 aromatic carbocycles.